The monoisotopic (exact) mass is 422 g/mol. The van der Waals surface area contributed by atoms with Crippen LogP contribution in [-0.2, 0) is 9.59 Å². The van der Waals surface area contributed by atoms with Crippen molar-refractivity contribution in [2.24, 2.45) is 10.7 Å². The van der Waals surface area contributed by atoms with Gasteiger partial charge in [0.25, 0.3) is 0 Å². The predicted molar refractivity (Wildman–Crippen MR) is 123 cm³/mol. The maximum Gasteiger partial charge on any atom is 0.248 e. The normalized spacial score (nSPS) is 16.1. The third-order valence-electron chi connectivity index (χ3n) is 4.80. The Balaban J connectivity index is 1.72. The van der Waals surface area contributed by atoms with Crippen molar-refractivity contribution in [2.45, 2.75) is 32.7 Å². The molecule has 1 aliphatic heterocycles. The summed E-state index contributed by atoms with van der Waals surface area (Å²) in [6.45, 7) is 5.98. The van der Waals surface area contributed by atoms with Crippen LogP contribution >= 0.6 is 11.8 Å². The molecule has 0 spiro atoms. The molecule has 4 N–H and O–H groups in total. The lowest BCUT2D eigenvalue weighted by atomic mass is 9.96. The fourth-order valence-corrected chi connectivity index (χ4v) is 4.10. The molecule has 1 atom stereocenters. The Morgan fingerprint density at radius 2 is 1.80 bits per heavy atom. The summed E-state index contributed by atoms with van der Waals surface area (Å²) in [5, 5.41) is 6.67. The first-order valence-electron chi connectivity index (χ1n) is 9.78. The van der Waals surface area contributed by atoms with Crippen molar-refractivity contribution in [1.29, 1.82) is 0 Å². The number of carbonyl (C=O) groups is 2. The molecule has 2 amide bonds. The number of hydrogen-bond acceptors (Lipinski definition) is 5. The second-order valence-electron chi connectivity index (χ2n) is 7.35. The molecule has 6 nitrogen and oxygen atoms in total. The first-order valence-corrected chi connectivity index (χ1v) is 10.8. The van der Waals surface area contributed by atoms with Gasteiger partial charge in [0.15, 0.2) is 5.17 Å². The van der Waals surface area contributed by atoms with Gasteiger partial charge in [0.2, 0.25) is 11.8 Å². The average molecular weight is 423 g/mol. The fraction of sp³-hybridized carbons (Fsp3) is 0.261. The number of nitrogens with one attached hydrogen (secondary N) is 2. The van der Waals surface area contributed by atoms with Crippen LogP contribution < -0.4 is 16.4 Å². The average Bonchev–Trinajstić information content (AvgIpc) is 2.72. The van der Waals surface area contributed by atoms with Crippen LogP contribution in [0, 0.1) is 0 Å². The number of nitrogens with two attached hydrogens (primary N) is 1. The molecule has 0 saturated carbocycles. The Morgan fingerprint density at radius 1 is 1.13 bits per heavy atom. The van der Waals surface area contributed by atoms with Gasteiger partial charge in [-0.2, -0.15) is 0 Å². The number of amides is 2. The van der Waals surface area contributed by atoms with Gasteiger partial charge in [0, 0.05) is 11.4 Å². The minimum absolute atomic E-state index is 0.115. The standard InChI is InChI=1S/C23H26N4O2S/c1-14(2)17-11-7-8-12-18(17)26-19(28)13-30-23-25-15(3)20(22(24)29)21(27-23)16-9-5-4-6-10-16/h4-12,14,21H,13H2,1-3H3,(H2,24,29)(H,25,27)(H,26,28)/t21-/m0/s1. The summed E-state index contributed by atoms with van der Waals surface area (Å²) in [7, 11) is 0. The third kappa shape index (κ3) is 5.10. The Hall–Kier alpha value is -3.06. The molecule has 2 aromatic rings. The van der Waals surface area contributed by atoms with E-state index >= 15 is 0 Å². The summed E-state index contributed by atoms with van der Waals surface area (Å²) in [5.41, 5.74) is 9.48. The number of allylic oxidation sites excluding steroid dienone is 1. The zero-order chi connectivity index (χ0) is 21.7. The summed E-state index contributed by atoms with van der Waals surface area (Å²) < 4.78 is 0. The lowest BCUT2D eigenvalue weighted by molar-refractivity contribution is -0.115. The van der Waals surface area contributed by atoms with Gasteiger partial charge in [0.1, 0.15) is 6.04 Å². The molecule has 3 rings (SSSR count). The van der Waals surface area contributed by atoms with Crippen molar-refractivity contribution in [3.8, 4) is 0 Å². The van der Waals surface area contributed by atoms with E-state index in [0.29, 0.717) is 22.4 Å². The molecule has 0 radical (unpaired) electrons. The number of rotatable bonds is 6. The number of primary amides is 1. The minimum atomic E-state index is -0.510. The summed E-state index contributed by atoms with van der Waals surface area (Å²) >= 11 is 1.30. The van der Waals surface area contributed by atoms with E-state index in [9.17, 15) is 9.59 Å². The summed E-state index contributed by atoms with van der Waals surface area (Å²) in [6, 6.07) is 16.8. The molecule has 0 fully saturated rings. The molecular weight excluding hydrogens is 396 g/mol. The molecule has 0 aromatic heterocycles. The molecule has 30 heavy (non-hydrogen) atoms. The third-order valence-corrected chi connectivity index (χ3v) is 5.68. The maximum atomic E-state index is 12.5. The number of para-hydroxylation sites is 1. The van der Waals surface area contributed by atoms with Gasteiger partial charge < -0.3 is 16.4 Å². The Kier molecular flexibility index (Phi) is 6.95. The zero-order valence-electron chi connectivity index (χ0n) is 17.3. The molecule has 1 heterocycles. The van der Waals surface area contributed by atoms with Crippen molar-refractivity contribution in [3.05, 3.63) is 77.0 Å². The highest BCUT2D eigenvalue weighted by molar-refractivity contribution is 8.14. The van der Waals surface area contributed by atoms with E-state index in [4.69, 9.17) is 5.73 Å². The highest BCUT2D eigenvalue weighted by atomic mass is 32.2. The van der Waals surface area contributed by atoms with E-state index in [0.717, 1.165) is 16.8 Å². The van der Waals surface area contributed by atoms with Gasteiger partial charge in [-0.3, -0.25) is 9.59 Å². The first kappa shape index (κ1) is 21.6. The molecule has 0 saturated heterocycles. The van der Waals surface area contributed by atoms with E-state index in [1.165, 1.54) is 11.8 Å². The van der Waals surface area contributed by atoms with Crippen LogP contribution in [0.3, 0.4) is 0 Å². The first-order chi connectivity index (χ1) is 14.4. The second-order valence-corrected chi connectivity index (χ2v) is 8.32. The van der Waals surface area contributed by atoms with Crippen LogP contribution in [0.15, 0.2) is 70.9 Å². The smallest absolute Gasteiger partial charge is 0.248 e. The van der Waals surface area contributed by atoms with Crippen LogP contribution in [0.4, 0.5) is 5.69 Å². The Bertz CT molecular complexity index is 999. The highest BCUT2D eigenvalue weighted by Crippen LogP contribution is 2.32. The number of anilines is 1. The summed E-state index contributed by atoms with van der Waals surface area (Å²) in [4.78, 5) is 29.2. The van der Waals surface area contributed by atoms with E-state index in [1.54, 1.807) is 6.92 Å². The number of amidine groups is 1. The van der Waals surface area contributed by atoms with Crippen LogP contribution in [0.1, 0.15) is 43.9 Å². The lowest BCUT2D eigenvalue weighted by Crippen LogP contribution is -2.33. The van der Waals surface area contributed by atoms with Gasteiger partial charge in [-0.25, -0.2) is 4.99 Å². The predicted octanol–water partition coefficient (Wildman–Crippen LogP) is 3.94. The van der Waals surface area contributed by atoms with Crippen LogP contribution in [0.2, 0.25) is 0 Å². The van der Waals surface area contributed by atoms with Crippen molar-refractivity contribution in [2.75, 3.05) is 11.1 Å². The van der Waals surface area contributed by atoms with E-state index < -0.39 is 11.9 Å². The SMILES string of the molecule is CC1=C(C(N)=O)[C@H](c2ccccc2)N=C(SCC(=O)Nc2ccccc2C(C)C)N1. The number of hydrogen-bond donors (Lipinski definition) is 3. The molecular formula is C23H26N4O2S. The number of aliphatic imine (C=N–C) groups is 1. The van der Waals surface area contributed by atoms with Crippen molar-refractivity contribution >= 4 is 34.4 Å². The van der Waals surface area contributed by atoms with E-state index in [-0.39, 0.29) is 11.7 Å². The van der Waals surface area contributed by atoms with Gasteiger partial charge in [-0.05, 0) is 30.0 Å². The highest BCUT2D eigenvalue weighted by Gasteiger charge is 2.28. The van der Waals surface area contributed by atoms with E-state index in [1.807, 2.05) is 54.6 Å². The quantitative estimate of drug-likeness (QED) is 0.657. The van der Waals surface area contributed by atoms with Crippen LogP contribution in [0.25, 0.3) is 0 Å². The van der Waals surface area contributed by atoms with E-state index in [2.05, 4.69) is 29.5 Å². The van der Waals surface area contributed by atoms with Crippen molar-refractivity contribution in [1.82, 2.24) is 5.32 Å². The topological polar surface area (TPSA) is 96.6 Å². The largest absolute Gasteiger partial charge is 0.366 e. The molecule has 1 aliphatic rings. The summed E-state index contributed by atoms with van der Waals surface area (Å²) in [5.74, 6) is -0.120. The Morgan fingerprint density at radius 3 is 2.47 bits per heavy atom. The molecule has 0 unspecified atom stereocenters. The van der Waals surface area contributed by atoms with Crippen molar-refractivity contribution in [3.63, 3.8) is 0 Å². The number of thioether (sulfide) groups is 1. The minimum Gasteiger partial charge on any atom is -0.366 e. The molecule has 0 bridgehead atoms. The number of carbonyl (C=O) groups excluding carboxylic acids is 2. The zero-order valence-corrected chi connectivity index (χ0v) is 18.1. The number of benzene rings is 2. The van der Waals surface area contributed by atoms with Gasteiger partial charge in [0.05, 0.1) is 11.3 Å². The fourth-order valence-electron chi connectivity index (χ4n) is 3.35. The molecule has 7 heteroatoms. The van der Waals surface area contributed by atoms with Gasteiger partial charge >= 0.3 is 0 Å². The maximum absolute atomic E-state index is 12.5. The van der Waals surface area contributed by atoms with Crippen LogP contribution in [-0.4, -0.2) is 22.7 Å². The Labute approximate surface area is 181 Å². The van der Waals surface area contributed by atoms with Gasteiger partial charge in [-0.1, -0.05) is 74.1 Å². The molecule has 156 valence electrons. The second kappa shape index (κ2) is 9.63. The molecule has 2 aromatic carbocycles. The van der Waals surface area contributed by atoms with Crippen molar-refractivity contribution < 1.29 is 9.59 Å². The summed E-state index contributed by atoms with van der Waals surface area (Å²) in [6.07, 6.45) is 0. The number of nitrogens with zero attached hydrogens (tertiary/aromatic N) is 1. The van der Waals surface area contributed by atoms with Gasteiger partial charge in [-0.15, -0.1) is 0 Å². The lowest BCUT2D eigenvalue weighted by Gasteiger charge is -2.25. The van der Waals surface area contributed by atoms with Crippen LogP contribution in [0.5, 0.6) is 0 Å². The molecule has 0 aliphatic carbocycles.